The number of pyridine rings is 1. The summed E-state index contributed by atoms with van der Waals surface area (Å²) in [6.45, 7) is 5.63. The molecule has 1 aromatic rings. The monoisotopic (exact) mass is 316 g/mol. The molecule has 0 bridgehead atoms. The second-order valence-electron chi connectivity index (χ2n) is 4.98. The van der Waals surface area contributed by atoms with Crippen molar-refractivity contribution in [1.82, 2.24) is 4.98 Å². The van der Waals surface area contributed by atoms with Crippen molar-refractivity contribution in [3.8, 4) is 5.88 Å². The maximum absolute atomic E-state index is 12.6. The van der Waals surface area contributed by atoms with Crippen molar-refractivity contribution in [2.24, 2.45) is 5.92 Å². The second-order valence-corrected chi connectivity index (χ2v) is 4.98. The van der Waals surface area contributed by atoms with E-state index in [1.165, 1.54) is 0 Å². The minimum absolute atomic E-state index is 0.155. The average Bonchev–Trinajstić information content (AvgIpc) is 2.44. The molecule has 1 atom stereocenters. The fourth-order valence-electron chi connectivity index (χ4n) is 1.98. The smallest absolute Gasteiger partial charge is 0.417 e. The number of nitrogens with zero attached hydrogens (tertiary/aromatic N) is 1. The van der Waals surface area contributed by atoms with Gasteiger partial charge in [0.15, 0.2) is 0 Å². The number of aromatic hydroxyl groups is 1. The highest BCUT2D eigenvalue weighted by molar-refractivity contribution is 5.91. The number of carbonyl (C=O) groups excluding carboxylic acids is 1. The second kappa shape index (κ2) is 7.82. The van der Waals surface area contributed by atoms with Gasteiger partial charge in [0.2, 0.25) is 11.8 Å². The van der Waals surface area contributed by atoms with E-state index in [1.807, 2.05) is 6.92 Å². The van der Waals surface area contributed by atoms with Crippen LogP contribution in [0, 0.1) is 5.92 Å². The molecule has 1 aromatic heterocycles. The van der Waals surface area contributed by atoms with Gasteiger partial charge in [-0.25, -0.2) is 4.98 Å². The minimum atomic E-state index is -4.59. The zero-order valence-corrected chi connectivity index (χ0v) is 12.3. The Morgan fingerprint density at radius 3 is 2.77 bits per heavy atom. The first-order valence-electron chi connectivity index (χ1n) is 6.94. The van der Waals surface area contributed by atoms with Gasteiger partial charge in [0, 0.05) is 12.6 Å². The van der Waals surface area contributed by atoms with Crippen molar-refractivity contribution in [1.29, 1.82) is 0 Å². The molecule has 0 aliphatic heterocycles. The molecule has 1 heterocycles. The van der Waals surface area contributed by atoms with E-state index in [2.05, 4.69) is 16.9 Å². The fourth-order valence-corrected chi connectivity index (χ4v) is 1.98. The van der Waals surface area contributed by atoms with Gasteiger partial charge in [-0.15, -0.1) is 6.58 Å². The molecule has 1 amide bonds. The summed E-state index contributed by atoms with van der Waals surface area (Å²) in [6.07, 6.45) is 0.119. The first kappa shape index (κ1) is 18.0. The van der Waals surface area contributed by atoms with Crippen LogP contribution in [0.1, 0.15) is 38.2 Å². The van der Waals surface area contributed by atoms with E-state index in [1.54, 1.807) is 6.08 Å². The van der Waals surface area contributed by atoms with Crippen molar-refractivity contribution < 1.29 is 23.1 Å². The third kappa shape index (κ3) is 5.38. The van der Waals surface area contributed by atoms with Crippen LogP contribution in [0.4, 0.5) is 18.9 Å². The molecule has 2 N–H and O–H groups in total. The standard InChI is InChI=1S/C15H19F3N2O2/c1-3-5-10(4-2)6-7-13(21)20-12-8-11(15(16,17)18)9-19-14(12)22/h3,8-10H,1,4-7H2,2H3,(H,19,22)(H,20,21). The summed E-state index contributed by atoms with van der Waals surface area (Å²) in [7, 11) is 0. The van der Waals surface area contributed by atoms with E-state index in [-0.39, 0.29) is 12.1 Å². The number of amides is 1. The quantitative estimate of drug-likeness (QED) is 0.744. The number of alkyl halides is 3. The van der Waals surface area contributed by atoms with Crippen LogP contribution in [-0.2, 0) is 11.0 Å². The van der Waals surface area contributed by atoms with E-state index in [0.717, 1.165) is 12.8 Å². The van der Waals surface area contributed by atoms with Crippen LogP contribution in [0.2, 0.25) is 0 Å². The minimum Gasteiger partial charge on any atom is -0.492 e. The van der Waals surface area contributed by atoms with Crippen LogP contribution in [0.15, 0.2) is 24.9 Å². The van der Waals surface area contributed by atoms with Gasteiger partial charge in [-0.2, -0.15) is 13.2 Å². The highest BCUT2D eigenvalue weighted by atomic mass is 19.4. The molecule has 0 radical (unpaired) electrons. The summed E-state index contributed by atoms with van der Waals surface area (Å²) in [6, 6.07) is 0.668. The fraction of sp³-hybridized carbons (Fsp3) is 0.467. The van der Waals surface area contributed by atoms with Gasteiger partial charge in [-0.1, -0.05) is 19.4 Å². The Bertz CT molecular complexity index is 530. The van der Waals surface area contributed by atoms with E-state index in [4.69, 9.17) is 0 Å². The van der Waals surface area contributed by atoms with Crippen molar-refractivity contribution >= 4 is 11.6 Å². The Hall–Kier alpha value is -2.05. The molecule has 0 spiro atoms. The lowest BCUT2D eigenvalue weighted by Gasteiger charge is -2.13. The molecule has 0 aliphatic rings. The van der Waals surface area contributed by atoms with Gasteiger partial charge in [0.05, 0.1) is 5.56 Å². The molecule has 122 valence electrons. The number of rotatable bonds is 7. The summed E-state index contributed by atoms with van der Waals surface area (Å²) in [5, 5.41) is 11.7. The van der Waals surface area contributed by atoms with Crippen molar-refractivity contribution in [3.05, 3.63) is 30.5 Å². The van der Waals surface area contributed by atoms with Crippen LogP contribution in [0.5, 0.6) is 5.88 Å². The first-order chi connectivity index (χ1) is 10.3. The zero-order valence-electron chi connectivity index (χ0n) is 12.3. The Labute approximate surface area is 127 Å². The Kier molecular flexibility index (Phi) is 6.39. The predicted octanol–water partition coefficient (Wildman–Crippen LogP) is 4.13. The van der Waals surface area contributed by atoms with Gasteiger partial charge in [0.25, 0.3) is 0 Å². The average molecular weight is 316 g/mol. The van der Waals surface area contributed by atoms with Gasteiger partial charge in [-0.3, -0.25) is 4.79 Å². The molecule has 0 saturated heterocycles. The molecule has 0 saturated carbocycles. The molecule has 4 nitrogen and oxygen atoms in total. The van der Waals surface area contributed by atoms with Crippen LogP contribution in [0.25, 0.3) is 0 Å². The summed E-state index contributed by atoms with van der Waals surface area (Å²) >= 11 is 0. The summed E-state index contributed by atoms with van der Waals surface area (Å²) < 4.78 is 37.7. The molecule has 0 aliphatic carbocycles. The normalized spacial score (nSPS) is 12.7. The summed E-state index contributed by atoms with van der Waals surface area (Å²) in [4.78, 5) is 15.0. The van der Waals surface area contributed by atoms with Gasteiger partial charge < -0.3 is 10.4 Å². The highest BCUT2D eigenvalue weighted by Crippen LogP contribution is 2.33. The molecular formula is C15H19F3N2O2. The number of allylic oxidation sites excluding steroid dienone is 1. The Morgan fingerprint density at radius 2 is 2.23 bits per heavy atom. The van der Waals surface area contributed by atoms with Crippen molar-refractivity contribution in [3.63, 3.8) is 0 Å². The summed E-state index contributed by atoms with van der Waals surface area (Å²) in [5.41, 5.74) is -1.37. The van der Waals surface area contributed by atoms with E-state index < -0.39 is 23.5 Å². The number of carbonyl (C=O) groups is 1. The Morgan fingerprint density at radius 1 is 1.55 bits per heavy atom. The number of hydrogen-bond acceptors (Lipinski definition) is 3. The van der Waals surface area contributed by atoms with Crippen molar-refractivity contribution in [2.75, 3.05) is 5.32 Å². The number of anilines is 1. The maximum Gasteiger partial charge on any atom is 0.417 e. The van der Waals surface area contributed by atoms with Crippen LogP contribution >= 0.6 is 0 Å². The van der Waals surface area contributed by atoms with Crippen LogP contribution in [0.3, 0.4) is 0 Å². The molecule has 7 heteroatoms. The van der Waals surface area contributed by atoms with Crippen LogP contribution in [-0.4, -0.2) is 16.0 Å². The maximum atomic E-state index is 12.6. The number of nitrogens with one attached hydrogen (secondary N) is 1. The molecule has 22 heavy (non-hydrogen) atoms. The molecule has 0 fully saturated rings. The third-order valence-electron chi connectivity index (χ3n) is 3.33. The number of aromatic nitrogens is 1. The lowest BCUT2D eigenvalue weighted by Crippen LogP contribution is -2.15. The highest BCUT2D eigenvalue weighted by Gasteiger charge is 2.32. The first-order valence-corrected chi connectivity index (χ1v) is 6.94. The van der Waals surface area contributed by atoms with Crippen molar-refractivity contribution in [2.45, 2.75) is 38.8 Å². The van der Waals surface area contributed by atoms with Gasteiger partial charge in [0.1, 0.15) is 5.69 Å². The predicted molar refractivity (Wildman–Crippen MR) is 77.4 cm³/mol. The lowest BCUT2D eigenvalue weighted by atomic mass is 9.96. The number of halogens is 3. The largest absolute Gasteiger partial charge is 0.492 e. The van der Waals surface area contributed by atoms with Gasteiger partial charge >= 0.3 is 6.18 Å². The third-order valence-corrected chi connectivity index (χ3v) is 3.33. The summed E-state index contributed by atoms with van der Waals surface area (Å²) in [5.74, 6) is -0.796. The van der Waals surface area contributed by atoms with E-state index in [9.17, 15) is 23.1 Å². The Balaban J connectivity index is 2.70. The SMILES string of the molecule is C=CCC(CC)CCC(=O)Nc1cc(C(F)(F)F)cnc1O. The molecule has 1 unspecified atom stereocenters. The molecular weight excluding hydrogens is 297 g/mol. The lowest BCUT2D eigenvalue weighted by molar-refractivity contribution is -0.137. The van der Waals surface area contributed by atoms with Gasteiger partial charge in [-0.05, 0) is 24.8 Å². The number of hydrogen-bond donors (Lipinski definition) is 2. The van der Waals surface area contributed by atoms with E-state index >= 15 is 0 Å². The molecule has 1 rings (SSSR count). The zero-order chi connectivity index (χ0) is 16.8. The topological polar surface area (TPSA) is 62.2 Å². The van der Waals surface area contributed by atoms with E-state index in [0.29, 0.717) is 24.6 Å². The molecule has 0 aromatic carbocycles. The van der Waals surface area contributed by atoms with Crippen LogP contribution < -0.4 is 5.32 Å².